The number of aromatic nitrogens is 2. The van der Waals surface area contributed by atoms with Gasteiger partial charge in [-0.15, -0.1) is 6.58 Å². The van der Waals surface area contributed by atoms with Crippen molar-refractivity contribution in [2.75, 3.05) is 29.9 Å². The van der Waals surface area contributed by atoms with Crippen LogP contribution in [0.25, 0.3) is 0 Å². The second-order valence-electron chi connectivity index (χ2n) is 5.02. The van der Waals surface area contributed by atoms with Crippen LogP contribution >= 0.6 is 0 Å². The van der Waals surface area contributed by atoms with Crippen LogP contribution in [0.15, 0.2) is 18.7 Å². The average molecular weight is 246 g/mol. The molecule has 0 amide bonds. The molecule has 0 aromatic carbocycles. The molecule has 1 aliphatic heterocycles. The molecule has 18 heavy (non-hydrogen) atoms. The maximum atomic E-state index is 4.55. The summed E-state index contributed by atoms with van der Waals surface area (Å²) in [5.74, 6) is 3.49. The smallest absolute Gasteiger partial charge is 0.134 e. The topological polar surface area (TPSA) is 41.0 Å². The Labute approximate surface area is 109 Å². The Balaban J connectivity index is 2.15. The van der Waals surface area contributed by atoms with Gasteiger partial charge in [0, 0.05) is 25.7 Å². The van der Waals surface area contributed by atoms with Gasteiger partial charge in [0.05, 0.1) is 0 Å². The van der Waals surface area contributed by atoms with E-state index >= 15 is 0 Å². The molecule has 2 heterocycles. The normalized spacial score (nSPS) is 19.7. The standard InChI is InChI=1S/C14H22N4/c1-4-7-15-13-9-14(17-12(3)16-13)18-8-5-6-11(2)10-18/h4,9,11H,1,5-8,10H2,2-3H3,(H,15,16,17). The molecule has 1 aromatic heterocycles. The van der Waals surface area contributed by atoms with Crippen molar-refractivity contribution in [2.24, 2.45) is 5.92 Å². The van der Waals surface area contributed by atoms with Crippen molar-refractivity contribution in [1.29, 1.82) is 0 Å². The van der Waals surface area contributed by atoms with Gasteiger partial charge in [0.15, 0.2) is 0 Å². The molecule has 0 radical (unpaired) electrons. The molecule has 4 nitrogen and oxygen atoms in total. The lowest BCUT2D eigenvalue weighted by atomic mass is 10.0. The van der Waals surface area contributed by atoms with Crippen LogP contribution in [0.5, 0.6) is 0 Å². The second kappa shape index (κ2) is 5.85. The van der Waals surface area contributed by atoms with Crippen LogP contribution in [0.2, 0.25) is 0 Å². The summed E-state index contributed by atoms with van der Waals surface area (Å²) < 4.78 is 0. The van der Waals surface area contributed by atoms with Gasteiger partial charge in [0.25, 0.3) is 0 Å². The molecular weight excluding hydrogens is 224 g/mol. The molecule has 1 N–H and O–H groups in total. The third-order valence-corrected chi connectivity index (χ3v) is 3.23. The van der Waals surface area contributed by atoms with Crippen LogP contribution in [0, 0.1) is 12.8 Å². The number of aryl methyl sites for hydroxylation is 1. The first kappa shape index (κ1) is 12.9. The lowest BCUT2D eigenvalue weighted by Crippen LogP contribution is -2.35. The summed E-state index contributed by atoms with van der Waals surface area (Å²) in [5, 5.41) is 3.23. The number of hydrogen-bond donors (Lipinski definition) is 1. The summed E-state index contributed by atoms with van der Waals surface area (Å²) in [4.78, 5) is 11.3. The molecule has 4 heteroatoms. The monoisotopic (exact) mass is 246 g/mol. The van der Waals surface area contributed by atoms with E-state index in [1.165, 1.54) is 12.8 Å². The molecule has 1 unspecified atom stereocenters. The van der Waals surface area contributed by atoms with Crippen molar-refractivity contribution < 1.29 is 0 Å². The second-order valence-corrected chi connectivity index (χ2v) is 5.02. The van der Waals surface area contributed by atoms with E-state index in [-0.39, 0.29) is 0 Å². The Bertz CT molecular complexity index is 416. The summed E-state index contributed by atoms with van der Waals surface area (Å²) in [5.41, 5.74) is 0. The highest BCUT2D eigenvalue weighted by Gasteiger charge is 2.18. The van der Waals surface area contributed by atoms with Crippen molar-refractivity contribution in [3.05, 3.63) is 24.5 Å². The lowest BCUT2D eigenvalue weighted by molar-refractivity contribution is 0.444. The van der Waals surface area contributed by atoms with Crippen molar-refractivity contribution in [2.45, 2.75) is 26.7 Å². The first-order valence-electron chi connectivity index (χ1n) is 6.64. The van der Waals surface area contributed by atoms with Crippen LogP contribution in [-0.2, 0) is 0 Å². The molecule has 98 valence electrons. The maximum absolute atomic E-state index is 4.55. The van der Waals surface area contributed by atoms with Crippen molar-refractivity contribution in [3.63, 3.8) is 0 Å². The first-order chi connectivity index (χ1) is 8.69. The number of nitrogens with one attached hydrogen (secondary N) is 1. The molecule has 0 spiro atoms. The molecule has 0 aliphatic carbocycles. The van der Waals surface area contributed by atoms with Crippen LogP contribution in [0.1, 0.15) is 25.6 Å². The van der Waals surface area contributed by atoms with E-state index in [0.717, 1.165) is 43.0 Å². The summed E-state index contributed by atoms with van der Waals surface area (Å²) in [6.45, 7) is 10.9. The van der Waals surface area contributed by atoms with Crippen LogP contribution in [0.3, 0.4) is 0 Å². The van der Waals surface area contributed by atoms with E-state index in [0.29, 0.717) is 0 Å². The summed E-state index contributed by atoms with van der Waals surface area (Å²) in [6.07, 6.45) is 4.40. The first-order valence-corrected chi connectivity index (χ1v) is 6.64. The quantitative estimate of drug-likeness (QED) is 0.829. The molecule has 1 fully saturated rings. The van der Waals surface area contributed by atoms with E-state index in [2.05, 4.69) is 33.7 Å². The Kier molecular flexibility index (Phi) is 4.18. The third-order valence-electron chi connectivity index (χ3n) is 3.23. The van der Waals surface area contributed by atoms with E-state index in [9.17, 15) is 0 Å². The highest BCUT2D eigenvalue weighted by molar-refractivity contribution is 5.49. The Hall–Kier alpha value is -1.58. The summed E-state index contributed by atoms with van der Waals surface area (Å²) in [7, 11) is 0. The zero-order valence-corrected chi connectivity index (χ0v) is 11.3. The van der Waals surface area contributed by atoms with Gasteiger partial charge in [-0.2, -0.15) is 0 Å². The fourth-order valence-electron chi connectivity index (χ4n) is 2.38. The minimum Gasteiger partial charge on any atom is -0.366 e. The van der Waals surface area contributed by atoms with E-state index in [1.807, 2.05) is 19.1 Å². The highest BCUT2D eigenvalue weighted by Crippen LogP contribution is 2.22. The van der Waals surface area contributed by atoms with E-state index in [1.54, 1.807) is 0 Å². The van der Waals surface area contributed by atoms with Gasteiger partial charge in [-0.3, -0.25) is 0 Å². The molecule has 2 rings (SSSR count). The molecule has 1 aromatic rings. The van der Waals surface area contributed by atoms with E-state index in [4.69, 9.17) is 0 Å². The predicted molar refractivity (Wildman–Crippen MR) is 76.1 cm³/mol. The van der Waals surface area contributed by atoms with Gasteiger partial charge >= 0.3 is 0 Å². The zero-order chi connectivity index (χ0) is 13.0. The average Bonchev–Trinajstić information content (AvgIpc) is 2.36. The molecule has 1 aliphatic rings. The van der Waals surface area contributed by atoms with Crippen molar-refractivity contribution in [1.82, 2.24) is 9.97 Å². The van der Waals surface area contributed by atoms with Crippen molar-refractivity contribution in [3.8, 4) is 0 Å². The van der Waals surface area contributed by atoms with Gasteiger partial charge in [-0.1, -0.05) is 13.0 Å². The summed E-state index contributed by atoms with van der Waals surface area (Å²) >= 11 is 0. The van der Waals surface area contributed by atoms with Gasteiger partial charge < -0.3 is 10.2 Å². The number of hydrogen-bond acceptors (Lipinski definition) is 4. The van der Waals surface area contributed by atoms with Crippen LogP contribution < -0.4 is 10.2 Å². The highest BCUT2D eigenvalue weighted by atomic mass is 15.2. The third kappa shape index (κ3) is 3.22. The fraction of sp³-hybridized carbons (Fsp3) is 0.571. The summed E-state index contributed by atoms with van der Waals surface area (Å²) in [6, 6.07) is 2.04. The van der Waals surface area contributed by atoms with Gasteiger partial charge in [0.1, 0.15) is 17.5 Å². The van der Waals surface area contributed by atoms with Gasteiger partial charge in [-0.25, -0.2) is 9.97 Å². The van der Waals surface area contributed by atoms with Crippen LogP contribution in [-0.4, -0.2) is 29.6 Å². The zero-order valence-electron chi connectivity index (χ0n) is 11.3. The van der Waals surface area contributed by atoms with Gasteiger partial charge in [0.2, 0.25) is 0 Å². The Morgan fingerprint density at radius 1 is 1.56 bits per heavy atom. The molecule has 0 saturated carbocycles. The van der Waals surface area contributed by atoms with Crippen LogP contribution in [0.4, 0.5) is 11.6 Å². The van der Waals surface area contributed by atoms with Gasteiger partial charge in [-0.05, 0) is 25.7 Å². The number of anilines is 2. The largest absolute Gasteiger partial charge is 0.366 e. The van der Waals surface area contributed by atoms with Crippen molar-refractivity contribution >= 4 is 11.6 Å². The Morgan fingerprint density at radius 3 is 3.11 bits per heavy atom. The molecular formula is C14H22N4. The number of nitrogens with zero attached hydrogens (tertiary/aromatic N) is 3. The molecule has 1 atom stereocenters. The molecule has 0 bridgehead atoms. The number of piperidine rings is 1. The van der Waals surface area contributed by atoms with E-state index < -0.39 is 0 Å². The minimum atomic E-state index is 0.728. The SMILES string of the molecule is C=CCNc1cc(N2CCCC(C)C2)nc(C)n1. The molecule has 1 saturated heterocycles. The minimum absolute atomic E-state index is 0.728. The predicted octanol–water partition coefficient (Wildman–Crippen LogP) is 2.62. The lowest BCUT2D eigenvalue weighted by Gasteiger charge is -2.32. The fourth-order valence-corrected chi connectivity index (χ4v) is 2.38. The number of rotatable bonds is 4. The maximum Gasteiger partial charge on any atom is 0.134 e. The Morgan fingerprint density at radius 2 is 2.39 bits per heavy atom.